The van der Waals surface area contributed by atoms with E-state index in [0.29, 0.717) is 14.8 Å². The molecule has 0 radical (unpaired) electrons. The molecule has 2 aromatic rings. The summed E-state index contributed by atoms with van der Waals surface area (Å²) >= 11 is 17.9. The number of nitrogens with one attached hydrogen (secondary N) is 1. The van der Waals surface area contributed by atoms with Crippen LogP contribution in [0.4, 0.5) is 0 Å². The second-order valence-electron chi connectivity index (χ2n) is 5.62. The maximum Gasteiger partial charge on any atom is 0.182 e. The highest BCUT2D eigenvalue weighted by Gasteiger charge is 2.21. The van der Waals surface area contributed by atoms with Crippen LogP contribution in [0.2, 0.25) is 10.0 Å². The minimum absolute atomic E-state index is 0.0474. The smallest absolute Gasteiger partial charge is 0.182 e. The molecule has 0 bridgehead atoms. The van der Waals surface area contributed by atoms with Crippen molar-refractivity contribution in [2.45, 2.75) is 33.1 Å². The number of aryl methyl sites for hydroxylation is 1. The molecule has 0 aliphatic carbocycles. The molecule has 1 heterocycles. The second-order valence-corrected chi connectivity index (χ2v) is 6.82. The van der Waals surface area contributed by atoms with Crippen molar-refractivity contribution in [1.82, 2.24) is 9.55 Å². The van der Waals surface area contributed by atoms with E-state index in [0.717, 1.165) is 16.9 Å². The molecule has 0 fully saturated rings. The number of benzene rings is 1. The van der Waals surface area contributed by atoms with Crippen molar-refractivity contribution < 1.29 is 0 Å². The maximum atomic E-state index is 6.35. The van der Waals surface area contributed by atoms with E-state index in [2.05, 4.69) is 25.8 Å². The van der Waals surface area contributed by atoms with Crippen LogP contribution in [0, 0.1) is 11.7 Å². The number of nitrogens with zero attached hydrogens (tertiary/aromatic N) is 1. The van der Waals surface area contributed by atoms with Gasteiger partial charge in [0.25, 0.3) is 0 Å². The fourth-order valence-electron chi connectivity index (χ4n) is 1.97. The Kier molecular flexibility index (Phi) is 3.83. The second kappa shape index (κ2) is 4.97. The average Bonchev–Trinajstić information content (AvgIpc) is 2.65. The van der Waals surface area contributed by atoms with E-state index in [9.17, 15) is 0 Å². The number of halogens is 2. The van der Waals surface area contributed by atoms with Gasteiger partial charge in [-0.15, -0.1) is 0 Å². The zero-order valence-electron chi connectivity index (χ0n) is 11.3. The van der Waals surface area contributed by atoms with Gasteiger partial charge < -0.3 is 4.98 Å². The Labute approximate surface area is 128 Å². The fourth-order valence-corrected chi connectivity index (χ4v) is 2.68. The van der Waals surface area contributed by atoms with Gasteiger partial charge in [0.05, 0.1) is 10.7 Å². The first-order valence-corrected chi connectivity index (χ1v) is 7.15. The predicted molar refractivity (Wildman–Crippen MR) is 84.4 cm³/mol. The van der Waals surface area contributed by atoms with E-state index in [1.54, 1.807) is 0 Å². The van der Waals surface area contributed by atoms with Crippen molar-refractivity contribution in [1.29, 1.82) is 0 Å². The summed E-state index contributed by atoms with van der Waals surface area (Å²) in [5, 5.41) is 1.32. The van der Waals surface area contributed by atoms with Gasteiger partial charge in [0.1, 0.15) is 0 Å². The van der Waals surface area contributed by atoms with Gasteiger partial charge in [-0.05, 0) is 36.8 Å². The van der Waals surface area contributed by atoms with E-state index in [1.165, 1.54) is 0 Å². The molecule has 0 aliphatic heterocycles. The molecule has 1 aromatic carbocycles. The zero-order chi connectivity index (χ0) is 14.4. The predicted octanol–water partition coefficient (Wildman–Crippen LogP) is 5.45. The SMILES string of the molecule is Cc1cc(Cl)c(-n2c(C(C)(C)C)c[nH]c2=S)cc1Cl. The van der Waals surface area contributed by atoms with Crippen LogP contribution in [0.15, 0.2) is 18.3 Å². The molecule has 19 heavy (non-hydrogen) atoms. The van der Waals surface area contributed by atoms with Gasteiger partial charge in [0, 0.05) is 22.3 Å². The molecular weight excluding hydrogens is 299 g/mol. The summed E-state index contributed by atoms with van der Waals surface area (Å²) in [6.07, 6.45) is 1.92. The van der Waals surface area contributed by atoms with E-state index >= 15 is 0 Å². The molecule has 1 aromatic heterocycles. The molecule has 5 heteroatoms. The lowest BCUT2D eigenvalue weighted by atomic mass is 9.92. The number of hydrogen-bond donors (Lipinski definition) is 1. The minimum atomic E-state index is -0.0474. The first-order chi connectivity index (χ1) is 8.71. The van der Waals surface area contributed by atoms with Crippen LogP contribution in [-0.2, 0) is 5.41 Å². The third-order valence-corrected chi connectivity index (χ3v) is 4.02. The summed E-state index contributed by atoms with van der Waals surface area (Å²) in [6.45, 7) is 8.32. The fraction of sp³-hybridized carbons (Fsp3) is 0.357. The highest BCUT2D eigenvalue weighted by molar-refractivity contribution is 7.71. The van der Waals surface area contributed by atoms with E-state index in [1.807, 2.05) is 29.8 Å². The standard InChI is InChI=1S/C14H16Cl2N2S/c1-8-5-10(16)11(6-9(8)15)18-12(14(2,3)4)7-17-13(18)19/h5-7H,1-4H3,(H,17,19). The number of H-pyrrole nitrogens is 1. The summed E-state index contributed by atoms with van der Waals surface area (Å²) in [5.41, 5.74) is 2.79. The van der Waals surface area contributed by atoms with Gasteiger partial charge in [0.2, 0.25) is 0 Å². The minimum Gasteiger partial charge on any atom is -0.337 e. The van der Waals surface area contributed by atoms with Crippen LogP contribution in [0.1, 0.15) is 32.0 Å². The van der Waals surface area contributed by atoms with Gasteiger partial charge in [-0.3, -0.25) is 4.57 Å². The lowest BCUT2D eigenvalue weighted by Crippen LogP contribution is -2.17. The number of hydrogen-bond acceptors (Lipinski definition) is 1. The molecule has 0 atom stereocenters. The van der Waals surface area contributed by atoms with Gasteiger partial charge in [-0.1, -0.05) is 44.0 Å². The molecule has 102 valence electrons. The Morgan fingerprint density at radius 1 is 1.16 bits per heavy atom. The number of imidazole rings is 1. The molecule has 2 nitrogen and oxygen atoms in total. The summed E-state index contributed by atoms with van der Waals surface area (Å²) in [7, 11) is 0. The summed E-state index contributed by atoms with van der Waals surface area (Å²) in [4.78, 5) is 3.08. The molecule has 0 saturated heterocycles. The first kappa shape index (κ1) is 14.6. The van der Waals surface area contributed by atoms with Crippen LogP contribution in [-0.4, -0.2) is 9.55 Å². The zero-order valence-corrected chi connectivity index (χ0v) is 13.7. The molecule has 1 N–H and O–H groups in total. The van der Waals surface area contributed by atoms with Gasteiger partial charge in [0.15, 0.2) is 4.77 Å². The molecule has 0 saturated carbocycles. The Morgan fingerprint density at radius 2 is 1.79 bits per heavy atom. The van der Waals surface area contributed by atoms with Crippen molar-refractivity contribution >= 4 is 35.4 Å². The lowest BCUT2D eigenvalue weighted by Gasteiger charge is -2.21. The number of aromatic nitrogens is 2. The average molecular weight is 315 g/mol. The number of rotatable bonds is 1. The van der Waals surface area contributed by atoms with Crippen molar-refractivity contribution in [3.63, 3.8) is 0 Å². The molecular formula is C14H16Cl2N2S. The summed E-state index contributed by atoms with van der Waals surface area (Å²) < 4.78 is 2.56. The summed E-state index contributed by atoms with van der Waals surface area (Å²) in [5.74, 6) is 0. The molecule has 0 amide bonds. The van der Waals surface area contributed by atoms with Crippen LogP contribution >= 0.6 is 35.4 Å². The Balaban J connectivity index is 2.76. The highest BCUT2D eigenvalue weighted by Crippen LogP contribution is 2.32. The number of aromatic amines is 1. The van der Waals surface area contributed by atoms with Crippen LogP contribution in [0.5, 0.6) is 0 Å². The summed E-state index contributed by atoms with van der Waals surface area (Å²) in [6, 6.07) is 3.72. The van der Waals surface area contributed by atoms with E-state index < -0.39 is 0 Å². The quantitative estimate of drug-likeness (QED) is 0.694. The van der Waals surface area contributed by atoms with Crippen molar-refractivity contribution in [3.05, 3.63) is 44.4 Å². The van der Waals surface area contributed by atoms with E-state index in [-0.39, 0.29) is 5.41 Å². The first-order valence-electron chi connectivity index (χ1n) is 5.98. The molecule has 0 aliphatic rings. The van der Waals surface area contributed by atoms with Crippen molar-refractivity contribution in [2.75, 3.05) is 0 Å². The van der Waals surface area contributed by atoms with Gasteiger partial charge in [-0.2, -0.15) is 0 Å². The molecule has 2 rings (SSSR count). The Morgan fingerprint density at radius 3 is 2.37 bits per heavy atom. The largest absolute Gasteiger partial charge is 0.337 e. The topological polar surface area (TPSA) is 20.7 Å². The van der Waals surface area contributed by atoms with Crippen molar-refractivity contribution in [3.8, 4) is 5.69 Å². The normalized spacial score (nSPS) is 11.9. The van der Waals surface area contributed by atoms with Crippen LogP contribution in [0.3, 0.4) is 0 Å². The third-order valence-electron chi connectivity index (χ3n) is 3.01. The van der Waals surface area contributed by atoms with Crippen molar-refractivity contribution in [2.24, 2.45) is 0 Å². The third kappa shape index (κ3) is 2.73. The van der Waals surface area contributed by atoms with Crippen LogP contribution in [0.25, 0.3) is 5.69 Å². The molecule has 0 unspecified atom stereocenters. The molecule has 0 spiro atoms. The van der Waals surface area contributed by atoms with Gasteiger partial charge in [-0.25, -0.2) is 0 Å². The van der Waals surface area contributed by atoms with E-state index in [4.69, 9.17) is 35.4 Å². The monoisotopic (exact) mass is 314 g/mol. The highest BCUT2D eigenvalue weighted by atomic mass is 35.5. The van der Waals surface area contributed by atoms with Gasteiger partial charge >= 0.3 is 0 Å². The lowest BCUT2D eigenvalue weighted by molar-refractivity contribution is 0.556. The Bertz CT molecular complexity index is 678. The Hall–Kier alpha value is -0.770. The van der Waals surface area contributed by atoms with Crippen LogP contribution < -0.4 is 0 Å². The maximum absolute atomic E-state index is 6.35.